The van der Waals surface area contributed by atoms with E-state index >= 15 is 0 Å². The van der Waals surface area contributed by atoms with Crippen LogP contribution in [0.4, 0.5) is 0 Å². The minimum absolute atomic E-state index is 0.0944. The quantitative estimate of drug-likeness (QED) is 0.894. The highest BCUT2D eigenvalue weighted by atomic mass is 79.9. The third-order valence-electron chi connectivity index (χ3n) is 2.06. The SMILES string of the molecule is COCC(CN)Oc1cc(Br)ccc1C. The summed E-state index contributed by atoms with van der Waals surface area (Å²) in [4.78, 5) is 0. The Kier molecular flexibility index (Phi) is 5.08. The van der Waals surface area contributed by atoms with Crippen LogP contribution in [0.5, 0.6) is 5.75 Å². The van der Waals surface area contributed by atoms with Crippen molar-refractivity contribution in [3.05, 3.63) is 28.2 Å². The lowest BCUT2D eigenvalue weighted by Gasteiger charge is -2.18. The Morgan fingerprint density at radius 1 is 1.47 bits per heavy atom. The minimum Gasteiger partial charge on any atom is -0.486 e. The third kappa shape index (κ3) is 3.81. The highest BCUT2D eigenvalue weighted by molar-refractivity contribution is 9.10. The van der Waals surface area contributed by atoms with Gasteiger partial charge in [-0.25, -0.2) is 0 Å². The van der Waals surface area contributed by atoms with Crippen LogP contribution < -0.4 is 10.5 Å². The predicted molar refractivity (Wildman–Crippen MR) is 64.2 cm³/mol. The first-order valence-electron chi connectivity index (χ1n) is 4.79. The lowest BCUT2D eigenvalue weighted by molar-refractivity contribution is 0.0855. The number of hydrogen-bond donors (Lipinski definition) is 1. The summed E-state index contributed by atoms with van der Waals surface area (Å²) < 4.78 is 11.8. The number of hydrogen-bond acceptors (Lipinski definition) is 3. The van der Waals surface area contributed by atoms with Crippen molar-refractivity contribution in [1.82, 2.24) is 0 Å². The van der Waals surface area contributed by atoms with E-state index in [1.165, 1.54) is 0 Å². The van der Waals surface area contributed by atoms with Gasteiger partial charge in [-0.05, 0) is 24.6 Å². The van der Waals surface area contributed by atoms with Gasteiger partial charge in [-0.3, -0.25) is 0 Å². The Balaban J connectivity index is 2.73. The lowest BCUT2D eigenvalue weighted by atomic mass is 10.2. The summed E-state index contributed by atoms with van der Waals surface area (Å²) in [6.45, 7) is 2.95. The van der Waals surface area contributed by atoms with Gasteiger partial charge in [0.2, 0.25) is 0 Å². The van der Waals surface area contributed by atoms with Gasteiger partial charge in [0.1, 0.15) is 11.9 Å². The van der Waals surface area contributed by atoms with Crippen molar-refractivity contribution in [2.45, 2.75) is 13.0 Å². The molecule has 15 heavy (non-hydrogen) atoms. The summed E-state index contributed by atoms with van der Waals surface area (Å²) in [6.07, 6.45) is -0.0944. The number of aryl methyl sites for hydroxylation is 1. The molecule has 0 radical (unpaired) electrons. The Hall–Kier alpha value is -0.580. The maximum atomic E-state index is 5.74. The van der Waals surface area contributed by atoms with Crippen molar-refractivity contribution in [2.24, 2.45) is 5.73 Å². The molecule has 0 fully saturated rings. The van der Waals surface area contributed by atoms with Crippen LogP contribution in [0.1, 0.15) is 5.56 Å². The molecule has 1 aromatic rings. The van der Waals surface area contributed by atoms with Gasteiger partial charge in [-0.1, -0.05) is 22.0 Å². The first-order valence-corrected chi connectivity index (χ1v) is 5.58. The van der Waals surface area contributed by atoms with Crippen molar-refractivity contribution >= 4 is 15.9 Å². The molecule has 1 rings (SSSR count). The number of ether oxygens (including phenoxy) is 2. The van der Waals surface area contributed by atoms with Gasteiger partial charge in [0.05, 0.1) is 6.61 Å². The fourth-order valence-corrected chi connectivity index (χ4v) is 1.56. The Labute approximate surface area is 98.7 Å². The van der Waals surface area contributed by atoms with Crippen molar-refractivity contribution < 1.29 is 9.47 Å². The fraction of sp³-hybridized carbons (Fsp3) is 0.455. The topological polar surface area (TPSA) is 44.5 Å². The molecule has 0 spiro atoms. The van der Waals surface area contributed by atoms with E-state index < -0.39 is 0 Å². The Bertz CT molecular complexity index is 317. The van der Waals surface area contributed by atoms with Gasteiger partial charge >= 0.3 is 0 Å². The fourth-order valence-electron chi connectivity index (χ4n) is 1.22. The zero-order valence-corrected chi connectivity index (χ0v) is 10.6. The summed E-state index contributed by atoms with van der Waals surface area (Å²) in [5.74, 6) is 0.844. The molecule has 0 heterocycles. The summed E-state index contributed by atoms with van der Waals surface area (Å²) in [5.41, 5.74) is 6.67. The van der Waals surface area contributed by atoms with Gasteiger partial charge in [0.25, 0.3) is 0 Å². The van der Waals surface area contributed by atoms with Crippen molar-refractivity contribution in [3.8, 4) is 5.75 Å². The first kappa shape index (κ1) is 12.5. The molecule has 84 valence electrons. The number of halogens is 1. The third-order valence-corrected chi connectivity index (χ3v) is 2.55. The van der Waals surface area contributed by atoms with E-state index in [0.717, 1.165) is 15.8 Å². The number of rotatable bonds is 5. The van der Waals surface area contributed by atoms with Crippen LogP contribution in [-0.4, -0.2) is 26.4 Å². The van der Waals surface area contributed by atoms with E-state index in [9.17, 15) is 0 Å². The van der Waals surface area contributed by atoms with Crippen LogP contribution in [0.2, 0.25) is 0 Å². The molecular formula is C11H16BrNO2. The molecule has 0 bridgehead atoms. The molecule has 1 aromatic carbocycles. The zero-order chi connectivity index (χ0) is 11.3. The average Bonchev–Trinajstić information content (AvgIpc) is 2.22. The van der Waals surface area contributed by atoms with Gasteiger partial charge < -0.3 is 15.2 Å². The Morgan fingerprint density at radius 2 is 2.20 bits per heavy atom. The smallest absolute Gasteiger partial charge is 0.134 e. The van der Waals surface area contributed by atoms with E-state index in [1.54, 1.807) is 7.11 Å². The van der Waals surface area contributed by atoms with Gasteiger partial charge in [0, 0.05) is 18.1 Å². The van der Waals surface area contributed by atoms with Crippen LogP contribution in [0, 0.1) is 6.92 Å². The van der Waals surface area contributed by atoms with Gasteiger partial charge in [-0.2, -0.15) is 0 Å². The molecule has 2 N–H and O–H groups in total. The number of methoxy groups -OCH3 is 1. The van der Waals surface area contributed by atoms with Crippen molar-refractivity contribution in [3.63, 3.8) is 0 Å². The molecule has 0 aliphatic carbocycles. The molecule has 0 aromatic heterocycles. The summed E-state index contributed by atoms with van der Waals surface area (Å²) >= 11 is 3.40. The second-order valence-electron chi connectivity index (χ2n) is 3.34. The lowest BCUT2D eigenvalue weighted by Crippen LogP contribution is -2.31. The number of nitrogens with two attached hydrogens (primary N) is 1. The predicted octanol–water partition coefficient (Wildman–Crippen LogP) is 2.11. The molecule has 0 saturated carbocycles. The van der Waals surface area contributed by atoms with Gasteiger partial charge in [0.15, 0.2) is 0 Å². The normalized spacial score (nSPS) is 12.5. The molecule has 3 nitrogen and oxygen atoms in total. The Morgan fingerprint density at radius 3 is 2.80 bits per heavy atom. The van der Waals surface area contributed by atoms with Crippen LogP contribution in [0.3, 0.4) is 0 Å². The standard InChI is InChI=1S/C11H16BrNO2/c1-8-3-4-9(12)5-11(8)15-10(6-13)7-14-2/h3-5,10H,6-7,13H2,1-2H3. The highest BCUT2D eigenvalue weighted by Gasteiger charge is 2.09. The second kappa shape index (κ2) is 6.10. The summed E-state index contributed by atoms with van der Waals surface area (Å²) in [5, 5.41) is 0. The second-order valence-corrected chi connectivity index (χ2v) is 4.26. The largest absolute Gasteiger partial charge is 0.486 e. The van der Waals surface area contributed by atoms with Crippen LogP contribution in [-0.2, 0) is 4.74 Å². The molecule has 1 atom stereocenters. The van der Waals surface area contributed by atoms with E-state index in [4.69, 9.17) is 15.2 Å². The molecule has 1 unspecified atom stereocenters. The van der Waals surface area contributed by atoms with E-state index in [1.807, 2.05) is 25.1 Å². The maximum Gasteiger partial charge on any atom is 0.134 e. The van der Waals surface area contributed by atoms with Crippen LogP contribution >= 0.6 is 15.9 Å². The maximum absolute atomic E-state index is 5.74. The summed E-state index contributed by atoms with van der Waals surface area (Å²) in [6, 6.07) is 5.92. The molecule has 0 saturated heterocycles. The average molecular weight is 274 g/mol. The molecular weight excluding hydrogens is 258 g/mol. The van der Waals surface area contributed by atoms with E-state index in [0.29, 0.717) is 13.2 Å². The molecule has 0 amide bonds. The highest BCUT2D eigenvalue weighted by Crippen LogP contribution is 2.23. The molecule has 0 aliphatic heterocycles. The van der Waals surface area contributed by atoms with Crippen molar-refractivity contribution in [1.29, 1.82) is 0 Å². The van der Waals surface area contributed by atoms with E-state index in [-0.39, 0.29) is 6.10 Å². The van der Waals surface area contributed by atoms with Crippen LogP contribution in [0.15, 0.2) is 22.7 Å². The molecule has 4 heteroatoms. The number of benzene rings is 1. The summed E-state index contributed by atoms with van der Waals surface area (Å²) in [7, 11) is 1.64. The van der Waals surface area contributed by atoms with Crippen molar-refractivity contribution in [2.75, 3.05) is 20.3 Å². The van der Waals surface area contributed by atoms with Gasteiger partial charge in [-0.15, -0.1) is 0 Å². The van der Waals surface area contributed by atoms with Crippen LogP contribution in [0.25, 0.3) is 0 Å². The first-order chi connectivity index (χ1) is 7.17. The van der Waals surface area contributed by atoms with E-state index in [2.05, 4.69) is 15.9 Å². The molecule has 0 aliphatic rings. The zero-order valence-electron chi connectivity index (χ0n) is 9.00. The monoisotopic (exact) mass is 273 g/mol. The minimum atomic E-state index is -0.0944.